The Hall–Kier alpha value is -2.31. The molecule has 0 saturated heterocycles. The summed E-state index contributed by atoms with van der Waals surface area (Å²) < 4.78 is 15.1. The molecule has 0 radical (unpaired) electrons. The van der Waals surface area contributed by atoms with Crippen LogP contribution >= 0.6 is 23.1 Å². The number of anilines is 1. The number of halogens is 1. The minimum atomic E-state index is 0.288. The van der Waals surface area contributed by atoms with Gasteiger partial charge in [0.15, 0.2) is 11.5 Å². The zero-order valence-corrected chi connectivity index (χ0v) is 14.2. The van der Waals surface area contributed by atoms with Crippen molar-refractivity contribution in [1.29, 1.82) is 0 Å². The first kappa shape index (κ1) is 15.2. The van der Waals surface area contributed by atoms with Crippen molar-refractivity contribution in [3.63, 3.8) is 0 Å². The summed E-state index contributed by atoms with van der Waals surface area (Å²) in [5.41, 5.74) is 2.24. The van der Waals surface area contributed by atoms with Gasteiger partial charge in [0, 0.05) is 29.5 Å². The van der Waals surface area contributed by atoms with E-state index in [0.29, 0.717) is 13.0 Å². The maximum absolute atomic E-state index is 5.90. The monoisotopic (exact) mass is 359 g/mol. The van der Waals surface area contributed by atoms with Crippen LogP contribution in [-0.2, 0) is 13.0 Å². The number of nitrogens with zero attached hydrogens (tertiary/aromatic N) is 2. The van der Waals surface area contributed by atoms with E-state index in [0.717, 1.165) is 38.6 Å². The number of aromatic nitrogens is 2. The molecule has 0 bridgehead atoms. The van der Waals surface area contributed by atoms with Gasteiger partial charge in [-0.2, -0.15) is 4.37 Å². The molecule has 0 unspecified atom stereocenters. The summed E-state index contributed by atoms with van der Waals surface area (Å²) in [7, 11) is 0. The summed E-state index contributed by atoms with van der Waals surface area (Å²) in [6.45, 7) is 0.947. The quantitative estimate of drug-likeness (QED) is 0.742. The molecule has 0 aliphatic carbocycles. The molecule has 1 N–H and O–H groups in total. The summed E-state index contributed by atoms with van der Waals surface area (Å²) >= 11 is 7.26. The number of nitrogens with one attached hydrogen (secondary N) is 1. The predicted octanol–water partition coefficient (Wildman–Crippen LogP) is 4.12. The molecule has 2 aromatic carbocycles. The lowest BCUT2D eigenvalue weighted by Crippen LogP contribution is -1.99. The van der Waals surface area contributed by atoms with Crippen molar-refractivity contribution in [2.24, 2.45) is 0 Å². The molecule has 1 aliphatic rings. The fourth-order valence-electron chi connectivity index (χ4n) is 2.41. The maximum Gasteiger partial charge on any atom is 0.231 e. The molecule has 0 spiro atoms. The minimum Gasteiger partial charge on any atom is -0.454 e. The fraction of sp³-hybridized carbons (Fsp3) is 0.176. The van der Waals surface area contributed by atoms with Crippen LogP contribution in [0.1, 0.15) is 17.0 Å². The van der Waals surface area contributed by atoms with Crippen molar-refractivity contribution >= 4 is 28.3 Å². The van der Waals surface area contributed by atoms with Crippen molar-refractivity contribution in [3.05, 3.63) is 64.4 Å². The Bertz CT molecular complexity index is 851. The van der Waals surface area contributed by atoms with Crippen molar-refractivity contribution < 1.29 is 9.47 Å². The smallest absolute Gasteiger partial charge is 0.231 e. The van der Waals surface area contributed by atoms with Crippen LogP contribution in [0.3, 0.4) is 0 Å². The molecule has 0 atom stereocenters. The van der Waals surface area contributed by atoms with E-state index in [1.165, 1.54) is 11.5 Å². The highest BCUT2D eigenvalue weighted by atomic mass is 35.5. The normalized spacial score (nSPS) is 12.4. The van der Waals surface area contributed by atoms with Gasteiger partial charge in [0.1, 0.15) is 5.82 Å². The molecule has 2 heterocycles. The zero-order valence-electron chi connectivity index (χ0n) is 12.7. The first-order valence-corrected chi connectivity index (χ1v) is 8.61. The van der Waals surface area contributed by atoms with E-state index in [1.54, 1.807) is 0 Å². The van der Waals surface area contributed by atoms with Gasteiger partial charge < -0.3 is 14.8 Å². The van der Waals surface area contributed by atoms with Crippen molar-refractivity contribution in [1.82, 2.24) is 9.36 Å². The molecule has 0 saturated carbocycles. The second-order valence-corrected chi connectivity index (χ2v) is 6.55. The van der Waals surface area contributed by atoms with Gasteiger partial charge >= 0.3 is 0 Å². The molecule has 3 aromatic rings. The lowest BCUT2D eigenvalue weighted by atomic mass is 10.1. The van der Waals surface area contributed by atoms with Crippen LogP contribution in [0.15, 0.2) is 42.5 Å². The van der Waals surface area contributed by atoms with Crippen molar-refractivity contribution in [2.75, 3.05) is 12.1 Å². The minimum absolute atomic E-state index is 0.288. The standard InChI is InChI=1S/C17H14ClN3O2S/c18-13-4-1-11(2-5-13)8-16-20-17(24-21-16)19-9-12-3-6-14-15(7-12)23-10-22-14/h1-7H,8-10H2,(H,19,20,21). The molecule has 1 aliphatic heterocycles. The zero-order chi connectivity index (χ0) is 16.4. The van der Waals surface area contributed by atoms with E-state index in [9.17, 15) is 0 Å². The molecule has 0 fully saturated rings. The fourth-order valence-corrected chi connectivity index (χ4v) is 3.12. The summed E-state index contributed by atoms with van der Waals surface area (Å²) in [5, 5.41) is 4.83. The molecule has 0 amide bonds. The Morgan fingerprint density at radius 1 is 1.04 bits per heavy atom. The Morgan fingerprint density at radius 2 is 1.83 bits per heavy atom. The van der Waals surface area contributed by atoms with Crippen molar-refractivity contribution in [3.8, 4) is 11.5 Å². The van der Waals surface area contributed by atoms with Gasteiger partial charge in [0.2, 0.25) is 11.9 Å². The summed E-state index contributed by atoms with van der Waals surface area (Å²) in [5.74, 6) is 2.38. The molecule has 5 nitrogen and oxygen atoms in total. The first-order chi connectivity index (χ1) is 11.8. The molecule has 4 rings (SSSR count). The van der Waals surface area contributed by atoms with E-state index in [2.05, 4.69) is 14.7 Å². The lowest BCUT2D eigenvalue weighted by Gasteiger charge is -2.03. The summed E-state index contributed by atoms with van der Waals surface area (Å²) in [6.07, 6.45) is 0.694. The van der Waals surface area contributed by atoms with E-state index >= 15 is 0 Å². The number of fused-ring (bicyclic) bond motifs is 1. The highest BCUT2D eigenvalue weighted by Gasteiger charge is 2.13. The van der Waals surface area contributed by atoms with Crippen LogP contribution < -0.4 is 14.8 Å². The van der Waals surface area contributed by atoms with Gasteiger partial charge in [-0.15, -0.1) is 0 Å². The topological polar surface area (TPSA) is 56.3 Å². The highest BCUT2D eigenvalue weighted by Crippen LogP contribution is 2.32. The van der Waals surface area contributed by atoms with Gasteiger partial charge in [-0.1, -0.05) is 29.8 Å². The second-order valence-electron chi connectivity index (χ2n) is 5.36. The van der Waals surface area contributed by atoms with Gasteiger partial charge in [-0.3, -0.25) is 0 Å². The average Bonchev–Trinajstić information content (AvgIpc) is 3.23. The summed E-state index contributed by atoms with van der Waals surface area (Å²) in [4.78, 5) is 4.52. The van der Waals surface area contributed by atoms with Crippen molar-refractivity contribution in [2.45, 2.75) is 13.0 Å². The molecule has 1 aromatic heterocycles. The van der Waals surface area contributed by atoms with E-state index in [1.807, 2.05) is 42.5 Å². The Balaban J connectivity index is 1.37. The average molecular weight is 360 g/mol. The van der Waals surface area contributed by atoms with E-state index < -0.39 is 0 Å². The molecular weight excluding hydrogens is 346 g/mol. The maximum atomic E-state index is 5.90. The van der Waals surface area contributed by atoms with E-state index in [4.69, 9.17) is 21.1 Å². The second kappa shape index (κ2) is 6.67. The first-order valence-electron chi connectivity index (χ1n) is 7.46. The Kier molecular flexibility index (Phi) is 4.23. The summed E-state index contributed by atoms with van der Waals surface area (Å²) in [6, 6.07) is 13.6. The van der Waals surface area contributed by atoms with Gasteiger partial charge in [0.05, 0.1) is 0 Å². The largest absolute Gasteiger partial charge is 0.454 e. The number of rotatable bonds is 5. The highest BCUT2D eigenvalue weighted by molar-refractivity contribution is 7.09. The molecule has 7 heteroatoms. The van der Waals surface area contributed by atoms with Crippen LogP contribution in [-0.4, -0.2) is 16.2 Å². The SMILES string of the molecule is Clc1ccc(Cc2nsc(NCc3ccc4c(c3)OCO4)n2)cc1. The van der Waals surface area contributed by atoms with Crippen LogP contribution in [0.5, 0.6) is 11.5 Å². The lowest BCUT2D eigenvalue weighted by molar-refractivity contribution is 0.174. The number of hydrogen-bond acceptors (Lipinski definition) is 6. The van der Waals surface area contributed by atoms with Crippen LogP contribution in [0.2, 0.25) is 5.02 Å². The number of benzene rings is 2. The number of ether oxygens (including phenoxy) is 2. The third kappa shape index (κ3) is 3.44. The van der Waals surface area contributed by atoms with Gasteiger partial charge in [-0.25, -0.2) is 4.98 Å². The predicted molar refractivity (Wildman–Crippen MR) is 94.1 cm³/mol. The third-order valence-corrected chi connectivity index (χ3v) is 4.59. The van der Waals surface area contributed by atoms with Crippen LogP contribution in [0, 0.1) is 0 Å². The molecule has 122 valence electrons. The Morgan fingerprint density at radius 3 is 2.71 bits per heavy atom. The number of hydrogen-bond donors (Lipinski definition) is 1. The van der Waals surface area contributed by atoms with Crippen LogP contribution in [0.4, 0.5) is 5.13 Å². The van der Waals surface area contributed by atoms with Crippen LogP contribution in [0.25, 0.3) is 0 Å². The molecule has 24 heavy (non-hydrogen) atoms. The van der Waals surface area contributed by atoms with Gasteiger partial charge in [0.25, 0.3) is 0 Å². The third-order valence-electron chi connectivity index (χ3n) is 3.62. The van der Waals surface area contributed by atoms with Gasteiger partial charge in [-0.05, 0) is 35.4 Å². The Labute approximate surface area is 148 Å². The van der Waals surface area contributed by atoms with E-state index in [-0.39, 0.29) is 6.79 Å². The molecular formula is C17H14ClN3O2S.